The largest absolute Gasteiger partial charge is 0.495 e. The van der Waals surface area contributed by atoms with Crippen LogP contribution in [-0.4, -0.2) is 34.5 Å². The van der Waals surface area contributed by atoms with Gasteiger partial charge in [-0.05, 0) is 42.8 Å². The van der Waals surface area contributed by atoms with Crippen molar-refractivity contribution in [3.8, 4) is 11.5 Å². The molecule has 0 aromatic heterocycles. The van der Waals surface area contributed by atoms with E-state index in [-0.39, 0.29) is 5.91 Å². The molecule has 2 aromatic rings. The van der Waals surface area contributed by atoms with E-state index in [1.807, 2.05) is 12.1 Å². The number of ether oxygens (including phenoxy) is 2. The van der Waals surface area contributed by atoms with Gasteiger partial charge >= 0.3 is 5.97 Å². The summed E-state index contributed by atoms with van der Waals surface area (Å²) in [6.07, 6.45) is 0.794. The number of methoxy groups -OCH3 is 1. The lowest BCUT2D eigenvalue weighted by atomic mass is 10.2. The fraction of sp³-hybridized carbons (Fsp3) is 0.150. The summed E-state index contributed by atoms with van der Waals surface area (Å²) in [6, 6.07) is 14.0. The third kappa shape index (κ3) is 4.18. The quantitative estimate of drug-likeness (QED) is 0.565. The zero-order chi connectivity index (χ0) is 20.3. The Labute approximate surface area is 171 Å². The average Bonchev–Trinajstić information content (AvgIpc) is 2.96. The van der Waals surface area contributed by atoms with Gasteiger partial charge in [-0.2, -0.15) is 0 Å². The number of carboxylic acids is 1. The molecule has 3 rings (SSSR count). The maximum Gasteiger partial charge on any atom is 0.344 e. The number of carbonyl (C=O) groups is 2. The second-order valence-corrected chi connectivity index (χ2v) is 7.53. The van der Waals surface area contributed by atoms with Crippen LogP contribution in [0.1, 0.15) is 12.5 Å². The summed E-state index contributed by atoms with van der Waals surface area (Å²) in [5, 5.41) is 8.90. The van der Waals surface area contributed by atoms with Gasteiger partial charge in [0.1, 0.15) is 11.5 Å². The fourth-order valence-electron chi connectivity index (χ4n) is 2.54. The molecular formula is C20H17NO5S2. The van der Waals surface area contributed by atoms with Crippen LogP contribution in [0, 0.1) is 0 Å². The molecule has 1 aliphatic rings. The number of hydrogen-bond acceptors (Lipinski definition) is 6. The van der Waals surface area contributed by atoms with Crippen molar-refractivity contribution in [1.82, 2.24) is 0 Å². The summed E-state index contributed by atoms with van der Waals surface area (Å²) in [6.45, 7) is 1.46. The number of amides is 1. The third-order valence-corrected chi connectivity index (χ3v) is 5.26. The molecule has 0 aliphatic carbocycles. The van der Waals surface area contributed by atoms with Gasteiger partial charge in [-0.3, -0.25) is 9.69 Å². The molecule has 0 radical (unpaired) electrons. The molecule has 1 saturated heterocycles. The lowest BCUT2D eigenvalue weighted by Crippen LogP contribution is -2.27. The summed E-state index contributed by atoms with van der Waals surface area (Å²) >= 11 is 6.60. The normalized spacial score (nSPS) is 16.4. The number of thioether (sulfide) groups is 1. The summed E-state index contributed by atoms with van der Waals surface area (Å²) < 4.78 is 11.1. The first-order chi connectivity index (χ1) is 13.4. The van der Waals surface area contributed by atoms with Crippen LogP contribution in [0.3, 0.4) is 0 Å². The van der Waals surface area contributed by atoms with Crippen LogP contribution in [0.4, 0.5) is 5.69 Å². The predicted molar refractivity (Wildman–Crippen MR) is 113 cm³/mol. The number of carbonyl (C=O) groups excluding carboxylic acids is 1. The molecule has 1 heterocycles. The predicted octanol–water partition coefficient (Wildman–Crippen LogP) is 3.95. The van der Waals surface area contributed by atoms with E-state index in [0.29, 0.717) is 26.4 Å². The molecule has 1 amide bonds. The van der Waals surface area contributed by atoms with E-state index in [1.165, 1.54) is 23.6 Å². The van der Waals surface area contributed by atoms with E-state index >= 15 is 0 Å². The summed E-state index contributed by atoms with van der Waals surface area (Å²) in [5.74, 6) is -0.258. The molecule has 0 saturated carbocycles. The number of rotatable bonds is 6. The number of nitrogens with zero attached hydrogens (tertiary/aromatic N) is 1. The fourth-order valence-corrected chi connectivity index (χ4v) is 3.82. The molecule has 8 heteroatoms. The number of aliphatic carboxylic acids is 1. The maximum atomic E-state index is 12.9. The van der Waals surface area contributed by atoms with Gasteiger partial charge in [-0.15, -0.1) is 0 Å². The van der Waals surface area contributed by atoms with Crippen molar-refractivity contribution in [3.63, 3.8) is 0 Å². The third-order valence-electron chi connectivity index (χ3n) is 3.96. The van der Waals surface area contributed by atoms with Gasteiger partial charge in [0, 0.05) is 0 Å². The van der Waals surface area contributed by atoms with Crippen LogP contribution in [0.15, 0.2) is 53.4 Å². The van der Waals surface area contributed by atoms with E-state index in [2.05, 4.69) is 0 Å². The van der Waals surface area contributed by atoms with Crippen LogP contribution in [0.2, 0.25) is 0 Å². The van der Waals surface area contributed by atoms with Gasteiger partial charge in [0.25, 0.3) is 5.91 Å². The lowest BCUT2D eigenvalue weighted by Gasteiger charge is -2.17. The van der Waals surface area contributed by atoms with E-state index in [9.17, 15) is 9.59 Å². The molecular weight excluding hydrogens is 398 g/mol. The van der Waals surface area contributed by atoms with Crippen molar-refractivity contribution in [1.29, 1.82) is 0 Å². The minimum absolute atomic E-state index is 0.223. The Morgan fingerprint density at radius 1 is 1.21 bits per heavy atom. The SMILES string of the molecule is COc1ccccc1N1C(=O)/C(=C\c2ccc(OC(C)C(=O)O)cc2)SC1=S. The van der Waals surface area contributed by atoms with Crippen molar-refractivity contribution in [2.45, 2.75) is 13.0 Å². The standard InChI is InChI=1S/C20H17NO5S2/c1-12(19(23)24)26-14-9-7-13(8-10-14)11-17-18(22)21(20(27)28-17)15-5-3-4-6-16(15)25-2/h3-12H,1-2H3,(H,23,24)/b17-11+. The molecule has 2 aromatic carbocycles. The number of carboxylic acid groups (broad SMARTS) is 1. The van der Waals surface area contributed by atoms with E-state index in [4.69, 9.17) is 26.8 Å². The zero-order valence-corrected chi connectivity index (χ0v) is 16.8. The van der Waals surface area contributed by atoms with Gasteiger partial charge in [-0.1, -0.05) is 48.2 Å². The molecule has 0 bridgehead atoms. The highest BCUT2D eigenvalue weighted by atomic mass is 32.2. The molecule has 1 N–H and O–H groups in total. The molecule has 144 valence electrons. The van der Waals surface area contributed by atoms with E-state index in [0.717, 1.165) is 5.56 Å². The number of anilines is 1. The topological polar surface area (TPSA) is 76.1 Å². The minimum atomic E-state index is -1.04. The Morgan fingerprint density at radius 3 is 2.54 bits per heavy atom. The molecule has 1 aliphatic heterocycles. The molecule has 28 heavy (non-hydrogen) atoms. The van der Waals surface area contributed by atoms with Crippen molar-refractivity contribution in [2.75, 3.05) is 12.0 Å². The maximum absolute atomic E-state index is 12.9. The van der Waals surface area contributed by atoms with Crippen molar-refractivity contribution in [3.05, 3.63) is 59.0 Å². The van der Waals surface area contributed by atoms with Gasteiger partial charge < -0.3 is 14.6 Å². The van der Waals surface area contributed by atoms with Crippen LogP contribution in [0.5, 0.6) is 11.5 Å². The second-order valence-electron chi connectivity index (χ2n) is 5.86. The first-order valence-corrected chi connectivity index (χ1v) is 9.53. The number of para-hydroxylation sites is 2. The number of thiocarbonyl (C=S) groups is 1. The Balaban J connectivity index is 1.81. The van der Waals surface area contributed by atoms with E-state index < -0.39 is 12.1 Å². The van der Waals surface area contributed by atoms with Crippen LogP contribution in [0.25, 0.3) is 6.08 Å². The van der Waals surface area contributed by atoms with Crippen molar-refractivity contribution in [2.24, 2.45) is 0 Å². The summed E-state index contributed by atoms with van der Waals surface area (Å²) in [5.41, 5.74) is 1.37. The highest BCUT2D eigenvalue weighted by Gasteiger charge is 2.34. The van der Waals surface area contributed by atoms with Gasteiger partial charge in [0.2, 0.25) is 0 Å². The Hall–Kier alpha value is -2.84. The Morgan fingerprint density at radius 2 is 1.89 bits per heavy atom. The smallest absolute Gasteiger partial charge is 0.344 e. The molecule has 0 spiro atoms. The van der Waals surface area contributed by atoms with Crippen LogP contribution in [-0.2, 0) is 9.59 Å². The second kappa shape index (κ2) is 8.45. The lowest BCUT2D eigenvalue weighted by molar-refractivity contribution is -0.144. The highest BCUT2D eigenvalue weighted by Crippen LogP contribution is 2.39. The highest BCUT2D eigenvalue weighted by molar-refractivity contribution is 8.27. The van der Waals surface area contributed by atoms with Crippen LogP contribution >= 0.6 is 24.0 Å². The van der Waals surface area contributed by atoms with Crippen LogP contribution < -0.4 is 14.4 Å². The van der Waals surface area contributed by atoms with Gasteiger partial charge in [0.15, 0.2) is 10.4 Å². The molecule has 1 atom stereocenters. The monoisotopic (exact) mass is 415 g/mol. The average molecular weight is 415 g/mol. The number of hydrogen-bond donors (Lipinski definition) is 1. The van der Waals surface area contributed by atoms with Gasteiger partial charge in [-0.25, -0.2) is 4.79 Å². The minimum Gasteiger partial charge on any atom is -0.495 e. The van der Waals surface area contributed by atoms with Gasteiger partial charge in [0.05, 0.1) is 17.7 Å². The number of benzene rings is 2. The first-order valence-electron chi connectivity index (χ1n) is 8.31. The first kappa shape index (κ1) is 19.9. The van der Waals surface area contributed by atoms with Crippen molar-refractivity contribution >= 4 is 51.9 Å². The van der Waals surface area contributed by atoms with E-state index in [1.54, 1.807) is 49.6 Å². The Kier molecular flexibility index (Phi) is 6.01. The molecule has 1 fully saturated rings. The van der Waals surface area contributed by atoms with Crippen molar-refractivity contribution < 1.29 is 24.2 Å². The Bertz CT molecular complexity index is 955. The summed E-state index contributed by atoms with van der Waals surface area (Å²) in [4.78, 5) is 25.7. The summed E-state index contributed by atoms with van der Waals surface area (Å²) in [7, 11) is 1.54. The molecule has 1 unspecified atom stereocenters. The zero-order valence-electron chi connectivity index (χ0n) is 15.1. The molecule has 6 nitrogen and oxygen atoms in total.